The maximum Gasteiger partial charge on any atom is 0.150 e. The number of rotatable bonds is 4. The Morgan fingerprint density at radius 2 is 1.90 bits per heavy atom. The largest absolute Gasteiger partial charge is 0.315 e. The summed E-state index contributed by atoms with van der Waals surface area (Å²) in [5.41, 5.74) is 3.23. The highest BCUT2D eigenvalue weighted by Gasteiger charge is 2.31. The third-order valence-electron chi connectivity index (χ3n) is 6.05. The molecule has 2 aromatic carbocycles. The maximum atomic E-state index is 13.5. The van der Waals surface area contributed by atoms with Crippen LogP contribution in [0.4, 0.5) is 4.39 Å². The van der Waals surface area contributed by atoms with Gasteiger partial charge in [0.2, 0.25) is 0 Å². The van der Waals surface area contributed by atoms with Crippen molar-refractivity contribution in [1.82, 2.24) is 25.0 Å². The second-order valence-corrected chi connectivity index (χ2v) is 7.96. The number of fused-ring (bicyclic) bond motifs is 1. The molecular formula is C23H26FN5. The van der Waals surface area contributed by atoms with Crippen LogP contribution in [0.25, 0.3) is 11.1 Å². The molecule has 5 rings (SSSR count). The quantitative estimate of drug-likeness (QED) is 0.739. The number of nitrogens with zero attached hydrogens (tertiary/aromatic N) is 4. The van der Waals surface area contributed by atoms with Crippen LogP contribution in [0.3, 0.4) is 0 Å². The van der Waals surface area contributed by atoms with Crippen molar-refractivity contribution in [2.45, 2.75) is 38.4 Å². The summed E-state index contributed by atoms with van der Waals surface area (Å²) in [6.45, 7) is 4.88. The third-order valence-corrected chi connectivity index (χ3v) is 6.05. The van der Waals surface area contributed by atoms with Gasteiger partial charge in [0.1, 0.15) is 17.5 Å². The van der Waals surface area contributed by atoms with Gasteiger partial charge in [0.25, 0.3) is 0 Å². The molecule has 2 aliphatic heterocycles. The molecule has 0 radical (unpaired) electrons. The molecule has 0 spiro atoms. The average molecular weight is 391 g/mol. The number of nitrogens with one attached hydrogen (secondary N) is 1. The minimum Gasteiger partial charge on any atom is -0.315 e. The van der Waals surface area contributed by atoms with Crippen LogP contribution in [-0.2, 0) is 19.5 Å². The van der Waals surface area contributed by atoms with Crippen molar-refractivity contribution >= 4 is 0 Å². The SMILES string of the molecule is Fc1cccc(-c2ccc(CN3CCCC3c3nnc4n3CCNCC4)cc2)c1. The molecule has 0 aliphatic carbocycles. The van der Waals surface area contributed by atoms with E-state index in [-0.39, 0.29) is 5.82 Å². The Morgan fingerprint density at radius 3 is 2.76 bits per heavy atom. The summed E-state index contributed by atoms with van der Waals surface area (Å²) in [5, 5.41) is 12.5. The van der Waals surface area contributed by atoms with Gasteiger partial charge in [0, 0.05) is 32.6 Å². The third kappa shape index (κ3) is 3.82. The zero-order chi connectivity index (χ0) is 19.6. The van der Waals surface area contributed by atoms with Crippen LogP contribution in [0.1, 0.15) is 36.1 Å². The topological polar surface area (TPSA) is 46.0 Å². The summed E-state index contributed by atoms with van der Waals surface area (Å²) in [6.07, 6.45) is 3.26. The summed E-state index contributed by atoms with van der Waals surface area (Å²) in [4.78, 5) is 2.52. The lowest BCUT2D eigenvalue weighted by molar-refractivity contribution is 0.234. The number of halogens is 1. The highest BCUT2D eigenvalue weighted by molar-refractivity contribution is 5.63. The summed E-state index contributed by atoms with van der Waals surface area (Å²) < 4.78 is 15.8. The summed E-state index contributed by atoms with van der Waals surface area (Å²) in [7, 11) is 0. The molecule has 1 fully saturated rings. The number of benzene rings is 2. The summed E-state index contributed by atoms with van der Waals surface area (Å²) >= 11 is 0. The molecule has 29 heavy (non-hydrogen) atoms. The normalized spacial score (nSPS) is 19.8. The van der Waals surface area contributed by atoms with Crippen LogP contribution in [-0.4, -0.2) is 39.3 Å². The van der Waals surface area contributed by atoms with Gasteiger partial charge in [-0.15, -0.1) is 10.2 Å². The first kappa shape index (κ1) is 18.5. The first-order valence-electron chi connectivity index (χ1n) is 10.5. The molecule has 1 aromatic heterocycles. The smallest absolute Gasteiger partial charge is 0.150 e. The standard InChI is InChI=1S/C23H26FN5/c24-20-4-1-3-19(15-20)18-8-6-17(7-9-18)16-28-13-2-5-21(28)23-27-26-22-10-11-25-12-14-29(22)23/h1,3-4,6-9,15,21,25H,2,5,10-14,16H2. The zero-order valence-corrected chi connectivity index (χ0v) is 16.5. The van der Waals surface area contributed by atoms with Gasteiger partial charge >= 0.3 is 0 Å². The van der Waals surface area contributed by atoms with Gasteiger partial charge < -0.3 is 9.88 Å². The fourth-order valence-electron chi connectivity index (χ4n) is 4.55. The zero-order valence-electron chi connectivity index (χ0n) is 16.5. The molecule has 150 valence electrons. The molecule has 0 bridgehead atoms. The van der Waals surface area contributed by atoms with Crippen molar-refractivity contribution in [3.05, 3.63) is 71.6 Å². The highest BCUT2D eigenvalue weighted by Crippen LogP contribution is 2.33. The minimum absolute atomic E-state index is 0.200. The van der Waals surface area contributed by atoms with Crippen molar-refractivity contribution in [1.29, 1.82) is 0 Å². The molecule has 6 heteroatoms. The molecule has 2 aliphatic rings. The monoisotopic (exact) mass is 391 g/mol. The number of hydrogen-bond acceptors (Lipinski definition) is 4. The van der Waals surface area contributed by atoms with Gasteiger partial charge in [0.05, 0.1) is 6.04 Å². The van der Waals surface area contributed by atoms with Gasteiger partial charge in [-0.25, -0.2) is 4.39 Å². The Kier molecular flexibility index (Phi) is 5.12. The second kappa shape index (κ2) is 8.05. The van der Waals surface area contributed by atoms with Crippen LogP contribution in [0.2, 0.25) is 0 Å². The van der Waals surface area contributed by atoms with Gasteiger partial charge in [-0.3, -0.25) is 4.90 Å². The van der Waals surface area contributed by atoms with E-state index in [1.807, 2.05) is 6.07 Å². The lowest BCUT2D eigenvalue weighted by atomic mass is 10.0. The molecule has 0 saturated carbocycles. The lowest BCUT2D eigenvalue weighted by Crippen LogP contribution is -2.26. The van der Waals surface area contributed by atoms with Crippen molar-refractivity contribution in [3.8, 4) is 11.1 Å². The van der Waals surface area contributed by atoms with Crippen molar-refractivity contribution in [2.24, 2.45) is 0 Å². The molecule has 1 atom stereocenters. The summed E-state index contributed by atoms with van der Waals surface area (Å²) in [5.74, 6) is 2.03. The van der Waals surface area contributed by atoms with Crippen molar-refractivity contribution in [2.75, 3.05) is 19.6 Å². The Bertz CT molecular complexity index is 981. The van der Waals surface area contributed by atoms with E-state index in [9.17, 15) is 4.39 Å². The van der Waals surface area contributed by atoms with Crippen molar-refractivity contribution < 1.29 is 4.39 Å². The average Bonchev–Trinajstić information content (AvgIpc) is 3.28. The fourth-order valence-corrected chi connectivity index (χ4v) is 4.55. The van der Waals surface area contributed by atoms with E-state index in [0.29, 0.717) is 6.04 Å². The Labute approximate surface area is 170 Å². The predicted octanol–water partition coefficient (Wildman–Crippen LogP) is 3.57. The highest BCUT2D eigenvalue weighted by atomic mass is 19.1. The molecule has 1 saturated heterocycles. The van der Waals surface area contributed by atoms with Gasteiger partial charge in [-0.2, -0.15) is 0 Å². The predicted molar refractivity (Wildman–Crippen MR) is 111 cm³/mol. The Morgan fingerprint density at radius 1 is 1.00 bits per heavy atom. The van der Waals surface area contributed by atoms with Crippen LogP contribution < -0.4 is 5.32 Å². The number of likely N-dealkylation sites (tertiary alicyclic amines) is 1. The maximum absolute atomic E-state index is 13.5. The van der Waals surface area contributed by atoms with E-state index in [4.69, 9.17) is 0 Å². The molecule has 5 nitrogen and oxygen atoms in total. The van der Waals surface area contributed by atoms with Crippen molar-refractivity contribution in [3.63, 3.8) is 0 Å². The first-order valence-corrected chi connectivity index (χ1v) is 10.5. The molecule has 1 unspecified atom stereocenters. The minimum atomic E-state index is -0.200. The molecular weight excluding hydrogens is 365 g/mol. The van der Waals surface area contributed by atoms with Crippen LogP contribution >= 0.6 is 0 Å². The van der Waals surface area contributed by atoms with Crippen LogP contribution in [0.5, 0.6) is 0 Å². The van der Waals surface area contributed by atoms with E-state index in [1.54, 1.807) is 12.1 Å². The Hall–Kier alpha value is -2.57. The molecule has 0 amide bonds. The van der Waals surface area contributed by atoms with E-state index >= 15 is 0 Å². The van der Waals surface area contributed by atoms with E-state index < -0.39 is 0 Å². The molecule has 3 heterocycles. The van der Waals surface area contributed by atoms with E-state index in [1.165, 1.54) is 18.1 Å². The molecule has 3 aromatic rings. The Balaban J connectivity index is 1.33. The second-order valence-electron chi connectivity index (χ2n) is 7.96. The number of aromatic nitrogens is 3. The summed E-state index contributed by atoms with van der Waals surface area (Å²) in [6, 6.07) is 15.6. The lowest BCUT2D eigenvalue weighted by Gasteiger charge is -2.24. The first-order chi connectivity index (χ1) is 14.3. The fraction of sp³-hybridized carbons (Fsp3) is 0.391. The van der Waals surface area contributed by atoms with Gasteiger partial charge in [0.15, 0.2) is 0 Å². The van der Waals surface area contributed by atoms with E-state index in [0.717, 1.165) is 68.3 Å². The molecule has 1 N–H and O–H groups in total. The van der Waals surface area contributed by atoms with Crippen LogP contribution in [0, 0.1) is 5.82 Å². The van der Waals surface area contributed by atoms with Crippen LogP contribution in [0.15, 0.2) is 48.5 Å². The number of hydrogen-bond donors (Lipinski definition) is 1. The van der Waals surface area contributed by atoms with Gasteiger partial charge in [-0.1, -0.05) is 36.4 Å². The van der Waals surface area contributed by atoms with E-state index in [2.05, 4.69) is 49.2 Å². The van der Waals surface area contributed by atoms with Gasteiger partial charge in [-0.05, 0) is 48.2 Å².